The molecule has 0 amide bonds. The van der Waals surface area contributed by atoms with Crippen LogP contribution in [0.2, 0.25) is 0 Å². The molecule has 6 nitrogen and oxygen atoms in total. The van der Waals surface area contributed by atoms with Gasteiger partial charge >= 0.3 is 5.97 Å². The largest absolute Gasteiger partial charge is 0.478 e. The molecule has 20 heavy (non-hydrogen) atoms. The second-order valence-corrected chi connectivity index (χ2v) is 6.96. The Kier molecular flexibility index (Phi) is 4.17. The van der Waals surface area contributed by atoms with Crippen molar-refractivity contribution >= 4 is 27.3 Å². The van der Waals surface area contributed by atoms with Gasteiger partial charge in [-0.15, -0.1) is 11.3 Å². The molecule has 2 aromatic rings. The van der Waals surface area contributed by atoms with Gasteiger partial charge < -0.3 is 5.11 Å². The van der Waals surface area contributed by atoms with Crippen molar-refractivity contribution in [2.24, 2.45) is 0 Å². The first-order valence-corrected chi connectivity index (χ1v) is 7.99. The van der Waals surface area contributed by atoms with Crippen LogP contribution in [0.25, 0.3) is 0 Å². The second kappa shape index (κ2) is 5.70. The van der Waals surface area contributed by atoms with Crippen LogP contribution in [-0.2, 0) is 16.6 Å². The van der Waals surface area contributed by atoms with Gasteiger partial charge in [-0.05, 0) is 25.1 Å². The summed E-state index contributed by atoms with van der Waals surface area (Å²) >= 11 is 0.871. The van der Waals surface area contributed by atoms with Crippen LogP contribution in [0.5, 0.6) is 0 Å². The Balaban J connectivity index is 2.12. The Bertz CT molecular complexity index is 737. The predicted octanol–water partition coefficient (Wildman–Crippen LogP) is 1.63. The van der Waals surface area contributed by atoms with E-state index in [-0.39, 0.29) is 16.3 Å². The molecular weight excluding hydrogens is 300 g/mol. The number of hydrogen-bond donors (Lipinski definition) is 2. The van der Waals surface area contributed by atoms with E-state index in [1.807, 2.05) is 13.0 Å². The van der Waals surface area contributed by atoms with E-state index in [9.17, 15) is 13.2 Å². The van der Waals surface area contributed by atoms with Crippen molar-refractivity contribution in [1.29, 1.82) is 0 Å². The third-order valence-corrected chi connectivity index (χ3v) is 5.32. The van der Waals surface area contributed by atoms with Crippen molar-refractivity contribution in [3.05, 3.63) is 46.6 Å². The molecule has 0 aromatic carbocycles. The number of thiophene rings is 1. The number of hydrogen-bond acceptors (Lipinski definition) is 5. The molecule has 0 aliphatic heterocycles. The summed E-state index contributed by atoms with van der Waals surface area (Å²) in [5.74, 6) is -1.15. The number of aromatic carboxylic acids is 1. The standard InChI is InChI=1S/C12H12N2O4S2/c1-8-3-2-4-10(14-8)6-13-20(17,18)11-5-9(7-19-11)12(15)16/h2-5,7,13H,6H2,1H3,(H,15,16). The van der Waals surface area contributed by atoms with Crippen molar-refractivity contribution in [1.82, 2.24) is 9.71 Å². The Hall–Kier alpha value is -1.77. The fraction of sp³-hybridized carbons (Fsp3) is 0.167. The van der Waals surface area contributed by atoms with Crippen LogP contribution in [0.3, 0.4) is 0 Å². The molecule has 0 spiro atoms. The van der Waals surface area contributed by atoms with Gasteiger partial charge in [0, 0.05) is 11.1 Å². The highest BCUT2D eigenvalue weighted by Crippen LogP contribution is 2.20. The molecular formula is C12H12N2O4S2. The van der Waals surface area contributed by atoms with E-state index in [1.54, 1.807) is 12.1 Å². The zero-order chi connectivity index (χ0) is 14.8. The Labute approximate surface area is 120 Å². The van der Waals surface area contributed by atoms with Gasteiger partial charge in [-0.2, -0.15) is 0 Å². The summed E-state index contributed by atoms with van der Waals surface area (Å²) in [4.78, 5) is 14.9. The number of carboxylic acids is 1. The average molecular weight is 312 g/mol. The number of nitrogens with zero attached hydrogens (tertiary/aromatic N) is 1. The van der Waals surface area contributed by atoms with Gasteiger partial charge in [0.25, 0.3) is 0 Å². The van der Waals surface area contributed by atoms with Gasteiger partial charge in [-0.3, -0.25) is 4.98 Å². The minimum atomic E-state index is -3.72. The number of aryl methyl sites for hydroxylation is 1. The third-order valence-electron chi connectivity index (χ3n) is 2.48. The highest BCUT2D eigenvalue weighted by molar-refractivity contribution is 7.91. The Morgan fingerprint density at radius 3 is 2.80 bits per heavy atom. The van der Waals surface area contributed by atoms with Gasteiger partial charge in [0.05, 0.1) is 17.8 Å². The number of carboxylic acid groups (broad SMARTS) is 1. The Morgan fingerprint density at radius 2 is 2.20 bits per heavy atom. The number of sulfonamides is 1. The number of carbonyl (C=O) groups is 1. The highest BCUT2D eigenvalue weighted by atomic mass is 32.2. The van der Waals surface area contributed by atoms with Crippen LogP contribution in [0, 0.1) is 6.92 Å². The summed E-state index contributed by atoms with van der Waals surface area (Å²) in [5, 5.41) is 10.1. The van der Waals surface area contributed by atoms with Gasteiger partial charge in [0.2, 0.25) is 10.0 Å². The monoisotopic (exact) mass is 312 g/mol. The summed E-state index contributed by atoms with van der Waals surface area (Å²) < 4.78 is 26.4. The molecule has 0 aliphatic carbocycles. The molecule has 0 radical (unpaired) electrons. The van der Waals surface area contributed by atoms with E-state index < -0.39 is 16.0 Å². The minimum Gasteiger partial charge on any atom is -0.478 e. The molecule has 2 N–H and O–H groups in total. The lowest BCUT2D eigenvalue weighted by atomic mass is 10.3. The molecule has 0 saturated heterocycles. The fourth-order valence-electron chi connectivity index (χ4n) is 1.51. The smallest absolute Gasteiger partial charge is 0.336 e. The minimum absolute atomic E-state index is 0.0254. The SMILES string of the molecule is Cc1cccc(CNS(=O)(=O)c2cc(C(=O)O)cs2)n1. The van der Waals surface area contributed by atoms with Crippen LogP contribution >= 0.6 is 11.3 Å². The molecule has 8 heteroatoms. The zero-order valence-corrected chi connectivity index (χ0v) is 12.2. The van der Waals surface area contributed by atoms with E-state index in [4.69, 9.17) is 5.11 Å². The molecule has 2 rings (SSSR count). The molecule has 106 valence electrons. The van der Waals surface area contributed by atoms with Crippen LogP contribution in [0.15, 0.2) is 33.9 Å². The van der Waals surface area contributed by atoms with E-state index in [0.29, 0.717) is 5.69 Å². The van der Waals surface area contributed by atoms with Crippen molar-refractivity contribution < 1.29 is 18.3 Å². The maximum Gasteiger partial charge on any atom is 0.336 e. The topological polar surface area (TPSA) is 96.4 Å². The number of pyridine rings is 1. The first-order chi connectivity index (χ1) is 9.38. The lowest BCUT2D eigenvalue weighted by molar-refractivity contribution is 0.0697. The van der Waals surface area contributed by atoms with Gasteiger partial charge in [0.15, 0.2) is 0 Å². The summed E-state index contributed by atoms with van der Waals surface area (Å²) in [6, 6.07) is 6.46. The van der Waals surface area contributed by atoms with Gasteiger partial charge in [-0.25, -0.2) is 17.9 Å². The molecule has 0 atom stereocenters. The lowest BCUT2D eigenvalue weighted by Gasteiger charge is -2.04. The van der Waals surface area contributed by atoms with E-state index in [0.717, 1.165) is 23.1 Å². The molecule has 2 aromatic heterocycles. The molecule has 2 heterocycles. The molecule has 0 bridgehead atoms. The third kappa shape index (κ3) is 3.41. The van der Waals surface area contributed by atoms with Crippen LogP contribution < -0.4 is 4.72 Å². The van der Waals surface area contributed by atoms with E-state index in [2.05, 4.69) is 9.71 Å². The molecule has 0 unspecified atom stereocenters. The van der Waals surface area contributed by atoms with E-state index >= 15 is 0 Å². The number of rotatable bonds is 5. The summed E-state index contributed by atoms with van der Waals surface area (Å²) in [6.07, 6.45) is 0. The molecule has 0 aliphatic rings. The quantitative estimate of drug-likeness (QED) is 0.874. The molecule has 0 saturated carbocycles. The van der Waals surface area contributed by atoms with Gasteiger partial charge in [0.1, 0.15) is 4.21 Å². The van der Waals surface area contributed by atoms with E-state index in [1.165, 1.54) is 5.38 Å². The average Bonchev–Trinajstić information content (AvgIpc) is 2.87. The second-order valence-electron chi connectivity index (χ2n) is 4.05. The summed E-state index contributed by atoms with van der Waals surface area (Å²) in [5.41, 5.74) is 1.36. The Morgan fingerprint density at radius 1 is 1.45 bits per heavy atom. The fourth-order valence-corrected chi connectivity index (χ4v) is 3.70. The van der Waals surface area contributed by atoms with Crippen molar-refractivity contribution in [2.45, 2.75) is 17.7 Å². The first-order valence-electron chi connectivity index (χ1n) is 5.62. The molecule has 0 fully saturated rings. The maximum absolute atomic E-state index is 12.0. The van der Waals surface area contributed by atoms with Crippen molar-refractivity contribution in [2.75, 3.05) is 0 Å². The lowest BCUT2D eigenvalue weighted by Crippen LogP contribution is -2.23. The van der Waals surface area contributed by atoms with Crippen LogP contribution in [0.4, 0.5) is 0 Å². The maximum atomic E-state index is 12.0. The van der Waals surface area contributed by atoms with Gasteiger partial charge in [-0.1, -0.05) is 6.07 Å². The first kappa shape index (κ1) is 14.6. The number of nitrogens with one attached hydrogen (secondary N) is 1. The summed E-state index contributed by atoms with van der Waals surface area (Å²) in [6.45, 7) is 1.88. The van der Waals surface area contributed by atoms with Crippen molar-refractivity contribution in [3.63, 3.8) is 0 Å². The highest BCUT2D eigenvalue weighted by Gasteiger charge is 2.18. The van der Waals surface area contributed by atoms with Crippen LogP contribution in [-0.4, -0.2) is 24.5 Å². The predicted molar refractivity (Wildman–Crippen MR) is 74.3 cm³/mol. The zero-order valence-electron chi connectivity index (χ0n) is 10.5. The van der Waals surface area contributed by atoms with Crippen molar-refractivity contribution in [3.8, 4) is 0 Å². The number of aromatic nitrogens is 1. The van der Waals surface area contributed by atoms with Crippen LogP contribution in [0.1, 0.15) is 21.7 Å². The normalized spacial score (nSPS) is 11.4. The summed E-state index contributed by atoms with van der Waals surface area (Å²) in [7, 11) is -3.72.